The van der Waals surface area contributed by atoms with E-state index < -0.39 is 11.6 Å². The van der Waals surface area contributed by atoms with Gasteiger partial charge in [-0.15, -0.1) is 11.3 Å². The zero-order valence-electron chi connectivity index (χ0n) is 9.97. The molecular formula is C10H15N3O3S. The number of nitrogens with zero attached hydrogens (tertiary/aromatic N) is 2. The Labute approximate surface area is 103 Å². The first-order chi connectivity index (χ1) is 7.95. The number of oxime groups is 1. The van der Waals surface area contributed by atoms with E-state index in [4.69, 9.17) is 10.6 Å². The summed E-state index contributed by atoms with van der Waals surface area (Å²) < 4.78 is 4.66. The molecule has 2 N–H and O–H groups in total. The van der Waals surface area contributed by atoms with Gasteiger partial charge < -0.3 is 15.3 Å². The van der Waals surface area contributed by atoms with Crippen LogP contribution in [0.4, 0.5) is 5.13 Å². The molecule has 17 heavy (non-hydrogen) atoms. The van der Waals surface area contributed by atoms with Crippen LogP contribution in [-0.4, -0.2) is 23.8 Å². The van der Waals surface area contributed by atoms with Crippen LogP contribution in [0.15, 0.2) is 10.5 Å². The van der Waals surface area contributed by atoms with Crippen molar-refractivity contribution in [1.29, 1.82) is 0 Å². The summed E-state index contributed by atoms with van der Waals surface area (Å²) in [4.78, 5) is 20.3. The Morgan fingerprint density at radius 2 is 2.41 bits per heavy atom. The minimum Gasteiger partial charge on any atom is -0.462 e. The van der Waals surface area contributed by atoms with Gasteiger partial charge in [0, 0.05) is 5.38 Å². The fourth-order valence-corrected chi connectivity index (χ4v) is 1.71. The summed E-state index contributed by atoms with van der Waals surface area (Å²) in [5.74, 6) is -0.541. The number of nitrogens with two attached hydrogens (primary N) is 1. The molecule has 94 valence electrons. The normalized spacial score (nSPS) is 11.7. The van der Waals surface area contributed by atoms with Crippen LogP contribution >= 0.6 is 11.3 Å². The second-order valence-corrected chi connectivity index (χ2v) is 4.55. The summed E-state index contributed by atoms with van der Waals surface area (Å²) in [6, 6.07) is 0. The maximum atomic E-state index is 11.0. The van der Waals surface area contributed by atoms with Crippen molar-refractivity contribution in [3.05, 3.63) is 11.1 Å². The molecule has 7 heteroatoms. The number of rotatable bonds is 5. The second kappa shape index (κ2) is 5.62. The summed E-state index contributed by atoms with van der Waals surface area (Å²) in [6.07, 6.45) is 0.987. The van der Waals surface area contributed by atoms with Crippen molar-refractivity contribution in [2.45, 2.75) is 26.4 Å². The predicted octanol–water partition coefficient (Wildman–Crippen LogP) is 1.53. The third-order valence-electron chi connectivity index (χ3n) is 1.86. The number of hydrogen-bond acceptors (Lipinski definition) is 7. The number of carbonyl (C=O) groups is 1. The Kier molecular flexibility index (Phi) is 4.45. The van der Waals surface area contributed by atoms with Crippen LogP contribution in [0.1, 0.15) is 26.5 Å². The summed E-state index contributed by atoms with van der Waals surface area (Å²) in [5.41, 5.74) is 5.46. The highest BCUT2D eigenvalue weighted by molar-refractivity contribution is 7.13. The van der Waals surface area contributed by atoms with Gasteiger partial charge in [-0.3, -0.25) is 0 Å². The van der Waals surface area contributed by atoms with Crippen LogP contribution in [0.3, 0.4) is 0 Å². The van der Waals surface area contributed by atoms with Gasteiger partial charge in [0.25, 0.3) is 0 Å². The number of nitrogen functional groups attached to an aromatic ring is 1. The van der Waals surface area contributed by atoms with Gasteiger partial charge in [0.05, 0.1) is 12.3 Å². The quantitative estimate of drug-likeness (QED) is 0.491. The van der Waals surface area contributed by atoms with Crippen LogP contribution in [-0.2, 0) is 20.0 Å². The molecule has 0 spiro atoms. The molecule has 1 heterocycles. The fourth-order valence-electron chi connectivity index (χ4n) is 0.992. The Bertz CT molecular complexity index is 415. The molecule has 0 aliphatic carbocycles. The highest BCUT2D eigenvalue weighted by atomic mass is 32.1. The van der Waals surface area contributed by atoms with E-state index in [2.05, 4.69) is 14.9 Å². The van der Waals surface area contributed by atoms with Crippen LogP contribution in [0.25, 0.3) is 0 Å². The number of aromatic nitrogens is 1. The van der Waals surface area contributed by atoms with Gasteiger partial charge in [-0.2, -0.15) is 0 Å². The standard InChI is InChI=1S/C10H15N3O3S/c1-4-15-8(14)5-12-16-10(2,3)7-6-17-9(11)13-7/h5-6H,4H2,1-3H3,(H2,11,13). The van der Waals surface area contributed by atoms with Crippen molar-refractivity contribution in [2.75, 3.05) is 12.3 Å². The maximum Gasteiger partial charge on any atom is 0.352 e. The van der Waals surface area contributed by atoms with Crippen LogP contribution < -0.4 is 5.73 Å². The van der Waals surface area contributed by atoms with E-state index in [9.17, 15) is 4.79 Å². The van der Waals surface area contributed by atoms with Gasteiger partial charge in [-0.05, 0) is 20.8 Å². The molecule has 1 aromatic rings. The summed E-state index contributed by atoms with van der Waals surface area (Å²) in [7, 11) is 0. The summed E-state index contributed by atoms with van der Waals surface area (Å²) in [6.45, 7) is 5.58. The molecule has 0 aliphatic rings. The minimum atomic E-state index is -0.739. The van der Waals surface area contributed by atoms with E-state index in [1.807, 2.05) is 0 Å². The van der Waals surface area contributed by atoms with Gasteiger partial charge in [0.15, 0.2) is 16.9 Å². The highest BCUT2D eigenvalue weighted by Crippen LogP contribution is 2.26. The zero-order valence-corrected chi connectivity index (χ0v) is 10.8. The molecule has 0 unspecified atom stereocenters. The number of thiazole rings is 1. The van der Waals surface area contributed by atoms with Crippen LogP contribution in [0, 0.1) is 0 Å². The average Bonchev–Trinajstić information content (AvgIpc) is 2.65. The Balaban J connectivity index is 2.58. The van der Waals surface area contributed by atoms with E-state index >= 15 is 0 Å². The molecule has 0 aromatic carbocycles. The van der Waals surface area contributed by atoms with Gasteiger partial charge in [0.1, 0.15) is 0 Å². The van der Waals surface area contributed by atoms with Crippen molar-refractivity contribution in [2.24, 2.45) is 5.16 Å². The molecule has 0 amide bonds. The number of hydrogen-bond donors (Lipinski definition) is 1. The Morgan fingerprint density at radius 1 is 1.71 bits per heavy atom. The molecule has 6 nitrogen and oxygen atoms in total. The van der Waals surface area contributed by atoms with Crippen molar-refractivity contribution in [3.8, 4) is 0 Å². The van der Waals surface area contributed by atoms with E-state index in [0.29, 0.717) is 17.4 Å². The van der Waals surface area contributed by atoms with Gasteiger partial charge in [0.2, 0.25) is 0 Å². The maximum absolute atomic E-state index is 11.0. The first-order valence-electron chi connectivity index (χ1n) is 5.05. The molecule has 0 bridgehead atoms. The Hall–Kier alpha value is -1.63. The van der Waals surface area contributed by atoms with Crippen molar-refractivity contribution < 1.29 is 14.4 Å². The second-order valence-electron chi connectivity index (χ2n) is 3.66. The molecule has 0 saturated carbocycles. The molecular weight excluding hydrogens is 242 g/mol. The van der Waals surface area contributed by atoms with E-state index in [1.165, 1.54) is 11.3 Å². The lowest BCUT2D eigenvalue weighted by atomic mass is 10.1. The highest BCUT2D eigenvalue weighted by Gasteiger charge is 2.25. The monoisotopic (exact) mass is 257 g/mol. The predicted molar refractivity (Wildman–Crippen MR) is 65.8 cm³/mol. The smallest absolute Gasteiger partial charge is 0.352 e. The fraction of sp³-hybridized carbons (Fsp3) is 0.500. The van der Waals surface area contributed by atoms with Crippen molar-refractivity contribution in [3.63, 3.8) is 0 Å². The van der Waals surface area contributed by atoms with E-state index in [1.54, 1.807) is 26.2 Å². The van der Waals surface area contributed by atoms with Crippen molar-refractivity contribution in [1.82, 2.24) is 4.98 Å². The lowest BCUT2D eigenvalue weighted by molar-refractivity contribution is -0.134. The molecule has 1 aromatic heterocycles. The lowest BCUT2D eigenvalue weighted by Crippen LogP contribution is -2.20. The lowest BCUT2D eigenvalue weighted by Gasteiger charge is -2.19. The minimum absolute atomic E-state index is 0.302. The molecule has 0 atom stereocenters. The van der Waals surface area contributed by atoms with Gasteiger partial charge in [-0.25, -0.2) is 9.78 Å². The van der Waals surface area contributed by atoms with Crippen LogP contribution in [0.5, 0.6) is 0 Å². The third kappa shape index (κ3) is 4.03. The molecule has 0 saturated heterocycles. The summed E-state index contributed by atoms with van der Waals surface area (Å²) in [5, 5.41) is 5.82. The number of anilines is 1. The average molecular weight is 257 g/mol. The number of esters is 1. The SMILES string of the molecule is CCOC(=O)C=NOC(C)(C)c1csc(N)n1. The molecule has 0 radical (unpaired) electrons. The Morgan fingerprint density at radius 3 is 2.94 bits per heavy atom. The molecule has 0 fully saturated rings. The molecule has 0 aliphatic heterocycles. The summed E-state index contributed by atoms with van der Waals surface area (Å²) >= 11 is 1.32. The van der Waals surface area contributed by atoms with Gasteiger partial charge in [-0.1, -0.05) is 5.16 Å². The zero-order chi connectivity index (χ0) is 12.9. The topological polar surface area (TPSA) is 86.8 Å². The van der Waals surface area contributed by atoms with Gasteiger partial charge >= 0.3 is 5.97 Å². The first kappa shape index (κ1) is 13.4. The largest absolute Gasteiger partial charge is 0.462 e. The third-order valence-corrected chi connectivity index (χ3v) is 2.54. The first-order valence-corrected chi connectivity index (χ1v) is 5.93. The van der Waals surface area contributed by atoms with Crippen LogP contribution in [0.2, 0.25) is 0 Å². The number of ether oxygens (including phenoxy) is 1. The number of carbonyl (C=O) groups excluding carboxylic acids is 1. The molecule has 1 rings (SSSR count). The van der Waals surface area contributed by atoms with E-state index in [0.717, 1.165) is 6.21 Å². The van der Waals surface area contributed by atoms with Crippen molar-refractivity contribution >= 4 is 28.7 Å². The van der Waals surface area contributed by atoms with E-state index in [-0.39, 0.29) is 0 Å².